The molecule has 2 N–H and O–H groups in total. The molecule has 1 heterocycles. The summed E-state index contributed by atoms with van der Waals surface area (Å²) in [5.74, 6) is -1.50. The summed E-state index contributed by atoms with van der Waals surface area (Å²) in [7, 11) is 0. The molecule has 0 amide bonds. The molecule has 2 aromatic rings. The summed E-state index contributed by atoms with van der Waals surface area (Å²) in [4.78, 5) is 16.1. The molecule has 0 aliphatic heterocycles. The van der Waals surface area contributed by atoms with E-state index in [9.17, 15) is 13.6 Å². The molecule has 0 saturated heterocycles. The third-order valence-electron chi connectivity index (χ3n) is 2.23. The van der Waals surface area contributed by atoms with E-state index < -0.39 is 17.2 Å². The quantitative estimate of drug-likeness (QED) is 0.581. The van der Waals surface area contributed by atoms with Crippen molar-refractivity contribution in [2.24, 2.45) is 0 Å². The van der Waals surface area contributed by atoms with Crippen LogP contribution in [0.3, 0.4) is 0 Å². The van der Waals surface area contributed by atoms with E-state index in [0.717, 1.165) is 0 Å². The Hall–Kier alpha value is -1.08. The minimum atomic E-state index is -0.768. The van der Waals surface area contributed by atoms with Gasteiger partial charge in [-0.3, -0.25) is 9.78 Å². The number of H-pyrrole nitrogens is 2. The Morgan fingerprint density at radius 1 is 1.25 bits per heavy atom. The second-order valence-corrected chi connectivity index (χ2v) is 4.43. The Kier molecular flexibility index (Phi) is 2.67. The van der Waals surface area contributed by atoms with Gasteiger partial charge in [-0.15, -0.1) is 0 Å². The van der Waals surface area contributed by atoms with Gasteiger partial charge in [0.05, 0.1) is 9.99 Å². The molecule has 1 aromatic carbocycles. The summed E-state index contributed by atoms with van der Waals surface area (Å²) in [6, 6.07) is 0. The van der Waals surface area contributed by atoms with Crippen molar-refractivity contribution in [3.05, 3.63) is 36.8 Å². The average Bonchev–Trinajstić information content (AvgIpc) is 2.22. The highest BCUT2D eigenvalue weighted by Gasteiger charge is 2.18. The van der Waals surface area contributed by atoms with Crippen molar-refractivity contribution < 1.29 is 8.78 Å². The lowest BCUT2D eigenvalue weighted by atomic mass is 10.1. The maximum Gasteiger partial charge on any atom is 0.262 e. The Morgan fingerprint density at radius 2 is 1.88 bits per heavy atom. The van der Waals surface area contributed by atoms with Gasteiger partial charge in [0.15, 0.2) is 10.6 Å². The molecule has 0 atom stereocenters. The second-order valence-electron chi connectivity index (χ2n) is 3.23. The first kappa shape index (κ1) is 11.4. The van der Waals surface area contributed by atoms with Crippen molar-refractivity contribution in [1.29, 1.82) is 0 Å². The van der Waals surface area contributed by atoms with E-state index in [1.165, 1.54) is 6.92 Å². The van der Waals surface area contributed by atoms with Crippen LogP contribution >= 0.6 is 28.1 Å². The Bertz CT molecular complexity index is 707. The number of fused-ring (bicyclic) bond motifs is 1. The summed E-state index contributed by atoms with van der Waals surface area (Å²) in [5, 5.41) is -0.355. The number of halogens is 3. The predicted molar refractivity (Wildman–Crippen MR) is 62.1 cm³/mol. The van der Waals surface area contributed by atoms with Gasteiger partial charge in [-0.25, -0.2) is 8.78 Å². The third kappa shape index (κ3) is 1.51. The van der Waals surface area contributed by atoms with Crippen molar-refractivity contribution in [2.75, 3.05) is 0 Å². The summed E-state index contributed by atoms with van der Waals surface area (Å²) >= 11 is 7.61. The maximum absolute atomic E-state index is 13.8. The molecule has 84 valence electrons. The smallest absolute Gasteiger partial charge is 0.262 e. The van der Waals surface area contributed by atoms with Gasteiger partial charge in [0, 0.05) is 5.56 Å². The molecule has 0 bridgehead atoms. The standard InChI is InChI=1S/C9H5BrF2N2OS/c1-2-4(10)6(12)7-3(5(2)11)8(15)14-9(16)13-7/h1H3,(H2,13,14,15,16). The molecule has 0 spiro atoms. The SMILES string of the molecule is Cc1c(Br)c(F)c2[nH]c(=S)[nH]c(=O)c2c1F. The number of aromatic amines is 2. The molecule has 7 heteroatoms. The molecular formula is C9H5BrF2N2OS. The van der Waals surface area contributed by atoms with Crippen molar-refractivity contribution in [3.63, 3.8) is 0 Å². The largest absolute Gasteiger partial charge is 0.329 e. The first-order valence-electron chi connectivity index (χ1n) is 4.23. The number of rotatable bonds is 0. The van der Waals surface area contributed by atoms with Crippen LogP contribution in [0.5, 0.6) is 0 Å². The number of nitrogens with one attached hydrogen (secondary N) is 2. The fraction of sp³-hybridized carbons (Fsp3) is 0.111. The normalized spacial score (nSPS) is 11.0. The first-order valence-corrected chi connectivity index (χ1v) is 5.43. The van der Waals surface area contributed by atoms with Crippen LogP contribution in [0.15, 0.2) is 9.27 Å². The zero-order chi connectivity index (χ0) is 12.0. The molecule has 0 saturated carbocycles. The van der Waals surface area contributed by atoms with Gasteiger partial charge >= 0.3 is 0 Å². The first-order chi connectivity index (χ1) is 7.43. The average molecular weight is 307 g/mol. The van der Waals surface area contributed by atoms with Crippen LogP contribution in [0.4, 0.5) is 8.78 Å². The van der Waals surface area contributed by atoms with Gasteiger partial charge < -0.3 is 4.98 Å². The molecule has 16 heavy (non-hydrogen) atoms. The highest BCUT2D eigenvalue weighted by molar-refractivity contribution is 9.10. The van der Waals surface area contributed by atoms with E-state index in [4.69, 9.17) is 12.2 Å². The zero-order valence-corrected chi connectivity index (χ0v) is 10.4. The predicted octanol–water partition coefficient (Wildman–Crippen LogP) is 2.93. The van der Waals surface area contributed by atoms with Crippen LogP contribution in [0.2, 0.25) is 0 Å². The topological polar surface area (TPSA) is 48.6 Å². The van der Waals surface area contributed by atoms with E-state index in [1.54, 1.807) is 0 Å². The van der Waals surface area contributed by atoms with Crippen LogP contribution in [0.1, 0.15) is 5.56 Å². The molecule has 1 aromatic heterocycles. The Morgan fingerprint density at radius 3 is 2.50 bits per heavy atom. The number of aromatic nitrogens is 2. The number of benzene rings is 1. The summed E-state index contributed by atoms with van der Waals surface area (Å²) in [5.41, 5.74) is -0.935. The van der Waals surface area contributed by atoms with Crippen LogP contribution in [0, 0.1) is 23.3 Å². The fourth-order valence-corrected chi connectivity index (χ4v) is 1.99. The number of hydrogen-bond donors (Lipinski definition) is 2. The molecular weight excluding hydrogens is 302 g/mol. The van der Waals surface area contributed by atoms with Crippen molar-refractivity contribution in [1.82, 2.24) is 9.97 Å². The van der Waals surface area contributed by atoms with E-state index >= 15 is 0 Å². The molecule has 2 rings (SSSR count). The summed E-state index contributed by atoms with van der Waals surface area (Å²) in [6.45, 7) is 1.38. The zero-order valence-electron chi connectivity index (χ0n) is 7.95. The lowest BCUT2D eigenvalue weighted by Gasteiger charge is -2.06. The van der Waals surface area contributed by atoms with Crippen LogP contribution in [0.25, 0.3) is 10.9 Å². The lowest BCUT2D eigenvalue weighted by molar-refractivity contribution is 0.600. The molecule has 0 unspecified atom stereocenters. The van der Waals surface area contributed by atoms with Gasteiger partial charge in [0.1, 0.15) is 11.2 Å². The molecule has 3 nitrogen and oxygen atoms in total. The van der Waals surface area contributed by atoms with Gasteiger partial charge in [-0.2, -0.15) is 0 Å². The van der Waals surface area contributed by atoms with Gasteiger partial charge in [-0.1, -0.05) is 0 Å². The van der Waals surface area contributed by atoms with Crippen molar-refractivity contribution in [2.45, 2.75) is 6.92 Å². The monoisotopic (exact) mass is 306 g/mol. The Balaban J connectivity index is 3.21. The van der Waals surface area contributed by atoms with Crippen LogP contribution in [-0.4, -0.2) is 9.97 Å². The molecule has 0 fully saturated rings. The highest BCUT2D eigenvalue weighted by atomic mass is 79.9. The van der Waals surface area contributed by atoms with Crippen molar-refractivity contribution >= 4 is 39.1 Å². The van der Waals surface area contributed by atoms with Crippen LogP contribution in [-0.2, 0) is 0 Å². The van der Waals surface area contributed by atoms with E-state index in [-0.39, 0.29) is 25.7 Å². The Labute approximate surface area is 102 Å². The summed E-state index contributed by atoms with van der Waals surface area (Å²) < 4.78 is 27.4. The van der Waals surface area contributed by atoms with Crippen molar-refractivity contribution in [3.8, 4) is 0 Å². The minimum Gasteiger partial charge on any atom is -0.329 e. The van der Waals surface area contributed by atoms with Crippen LogP contribution < -0.4 is 5.56 Å². The molecule has 0 aliphatic rings. The van der Waals surface area contributed by atoms with E-state index in [1.807, 2.05) is 0 Å². The highest BCUT2D eigenvalue weighted by Crippen LogP contribution is 2.28. The third-order valence-corrected chi connectivity index (χ3v) is 3.38. The fourth-order valence-electron chi connectivity index (χ4n) is 1.42. The lowest BCUT2D eigenvalue weighted by Crippen LogP contribution is -2.12. The maximum atomic E-state index is 13.8. The minimum absolute atomic E-state index is 0.0197. The summed E-state index contributed by atoms with van der Waals surface area (Å²) in [6.07, 6.45) is 0. The van der Waals surface area contributed by atoms with E-state index in [2.05, 4.69) is 25.9 Å². The van der Waals surface area contributed by atoms with Gasteiger partial charge in [-0.05, 0) is 35.1 Å². The van der Waals surface area contributed by atoms with E-state index in [0.29, 0.717) is 0 Å². The van der Waals surface area contributed by atoms with Gasteiger partial charge in [0.25, 0.3) is 5.56 Å². The molecule has 0 radical (unpaired) electrons. The second kappa shape index (κ2) is 3.74. The number of hydrogen-bond acceptors (Lipinski definition) is 2. The van der Waals surface area contributed by atoms with Gasteiger partial charge in [0.2, 0.25) is 0 Å². The molecule has 0 aliphatic carbocycles.